The summed E-state index contributed by atoms with van der Waals surface area (Å²) in [4.78, 5) is 24.0. The minimum Gasteiger partial charge on any atom is -0.375 e. The Morgan fingerprint density at radius 3 is 2.62 bits per heavy atom. The maximum absolute atomic E-state index is 11.1. The van der Waals surface area contributed by atoms with Crippen LogP contribution in [0.25, 0.3) is 0 Å². The van der Waals surface area contributed by atoms with E-state index in [2.05, 4.69) is 11.4 Å². The van der Waals surface area contributed by atoms with Gasteiger partial charge in [0.25, 0.3) is 5.69 Å². The van der Waals surface area contributed by atoms with Gasteiger partial charge >= 0.3 is 0 Å². The van der Waals surface area contributed by atoms with Crippen molar-refractivity contribution in [2.45, 2.75) is 20.4 Å². The van der Waals surface area contributed by atoms with E-state index in [9.17, 15) is 14.9 Å². The molecule has 1 aromatic carbocycles. The van der Waals surface area contributed by atoms with Crippen LogP contribution in [0, 0.1) is 24.0 Å². The molecule has 3 N–H and O–H groups in total. The summed E-state index contributed by atoms with van der Waals surface area (Å²) in [5, 5.41) is 14.1. The number of nitro benzene ring substituents is 1. The second kappa shape index (κ2) is 5.92. The van der Waals surface area contributed by atoms with E-state index in [4.69, 9.17) is 5.73 Å². The monoisotopic (exact) mass is 305 g/mol. The van der Waals surface area contributed by atoms with E-state index in [1.807, 2.05) is 13.8 Å². The number of rotatable bonds is 5. The Morgan fingerprint density at radius 1 is 1.38 bits per heavy atom. The fourth-order valence-corrected chi connectivity index (χ4v) is 2.90. The van der Waals surface area contributed by atoms with Crippen LogP contribution in [0.2, 0.25) is 0 Å². The Morgan fingerprint density at radius 2 is 2.10 bits per heavy atom. The molecule has 1 heterocycles. The van der Waals surface area contributed by atoms with Gasteiger partial charge in [-0.1, -0.05) is 0 Å². The highest BCUT2D eigenvalue weighted by Crippen LogP contribution is 2.27. The first-order chi connectivity index (χ1) is 9.88. The van der Waals surface area contributed by atoms with Crippen molar-refractivity contribution in [3.8, 4) is 0 Å². The molecule has 0 aliphatic carbocycles. The van der Waals surface area contributed by atoms with E-state index in [1.165, 1.54) is 28.6 Å². The van der Waals surface area contributed by atoms with Gasteiger partial charge < -0.3 is 11.1 Å². The molecule has 21 heavy (non-hydrogen) atoms. The molecule has 0 aliphatic heterocycles. The first kappa shape index (κ1) is 15.0. The Labute approximate surface area is 125 Å². The molecule has 0 aliphatic rings. The van der Waals surface area contributed by atoms with Gasteiger partial charge in [-0.3, -0.25) is 14.9 Å². The predicted molar refractivity (Wildman–Crippen MR) is 82.7 cm³/mol. The lowest BCUT2D eigenvalue weighted by Crippen LogP contribution is -2.12. The molecule has 0 bridgehead atoms. The van der Waals surface area contributed by atoms with Gasteiger partial charge in [0.2, 0.25) is 5.91 Å². The number of thiophene rings is 1. The van der Waals surface area contributed by atoms with E-state index in [-0.39, 0.29) is 11.3 Å². The molecular formula is C14H15N3O3S. The SMILES string of the molecule is Cc1cc(CNc2ccc(C(N)=O)cc2[N+](=O)[O-])sc1C. The lowest BCUT2D eigenvalue weighted by atomic mass is 10.1. The molecule has 0 saturated heterocycles. The van der Waals surface area contributed by atoms with Crippen LogP contribution in [-0.4, -0.2) is 10.8 Å². The number of benzene rings is 1. The minimum atomic E-state index is -0.686. The number of primary amides is 1. The second-order valence-electron chi connectivity index (χ2n) is 4.66. The van der Waals surface area contributed by atoms with Gasteiger partial charge in [-0.15, -0.1) is 11.3 Å². The summed E-state index contributed by atoms with van der Waals surface area (Å²) in [5.74, 6) is -0.686. The summed E-state index contributed by atoms with van der Waals surface area (Å²) < 4.78 is 0. The zero-order valence-electron chi connectivity index (χ0n) is 11.7. The van der Waals surface area contributed by atoms with Crippen molar-refractivity contribution in [1.29, 1.82) is 0 Å². The van der Waals surface area contributed by atoms with Crippen LogP contribution >= 0.6 is 11.3 Å². The first-order valence-corrected chi connectivity index (χ1v) is 7.08. The van der Waals surface area contributed by atoms with Crippen LogP contribution in [0.5, 0.6) is 0 Å². The standard InChI is InChI=1S/C14H15N3O3S/c1-8-5-11(21-9(8)2)7-16-12-4-3-10(14(15)18)6-13(12)17(19)20/h3-6,16H,7H2,1-2H3,(H2,15,18). The number of hydrogen-bond acceptors (Lipinski definition) is 5. The van der Waals surface area contributed by atoms with Crippen LogP contribution in [0.1, 0.15) is 25.7 Å². The Kier molecular flexibility index (Phi) is 4.23. The number of aryl methyl sites for hydroxylation is 2. The topological polar surface area (TPSA) is 98.3 Å². The van der Waals surface area contributed by atoms with Crippen LogP contribution in [0.3, 0.4) is 0 Å². The summed E-state index contributed by atoms with van der Waals surface area (Å²) in [6.07, 6.45) is 0. The van der Waals surface area contributed by atoms with Crippen molar-refractivity contribution in [2.24, 2.45) is 5.73 Å². The zero-order valence-corrected chi connectivity index (χ0v) is 12.5. The molecule has 2 rings (SSSR count). The molecule has 6 nitrogen and oxygen atoms in total. The molecule has 0 fully saturated rings. The van der Waals surface area contributed by atoms with E-state index in [0.29, 0.717) is 12.2 Å². The van der Waals surface area contributed by atoms with Gasteiger partial charge in [0.05, 0.1) is 4.92 Å². The number of nitrogens with zero attached hydrogens (tertiary/aromatic N) is 1. The average molecular weight is 305 g/mol. The molecule has 0 atom stereocenters. The molecule has 0 unspecified atom stereocenters. The van der Waals surface area contributed by atoms with E-state index >= 15 is 0 Å². The molecule has 2 aromatic rings. The van der Waals surface area contributed by atoms with Gasteiger partial charge in [0, 0.05) is 27.9 Å². The van der Waals surface area contributed by atoms with Gasteiger partial charge in [-0.2, -0.15) is 0 Å². The highest BCUT2D eigenvalue weighted by Gasteiger charge is 2.16. The van der Waals surface area contributed by atoms with Crippen molar-refractivity contribution < 1.29 is 9.72 Å². The number of hydrogen-bond donors (Lipinski definition) is 2. The van der Waals surface area contributed by atoms with Gasteiger partial charge in [0.1, 0.15) is 5.69 Å². The maximum Gasteiger partial charge on any atom is 0.293 e. The second-order valence-corrected chi connectivity index (χ2v) is 6.00. The summed E-state index contributed by atoms with van der Waals surface area (Å²) in [7, 11) is 0. The lowest BCUT2D eigenvalue weighted by molar-refractivity contribution is -0.384. The predicted octanol–water partition coefficient (Wildman–Crippen LogP) is 2.98. The summed E-state index contributed by atoms with van der Waals surface area (Å²) in [6, 6.07) is 6.22. The molecular weight excluding hydrogens is 290 g/mol. The van der Waals surface area contributed by atoms with E-state index in [1.54, 1.807) is 11.3 Å². The quantitative estimate of drug-likeness (QED) is 0.655. The minimum absolute atomic E-state index is 0.120. The average Bonchev–Trinajstić information content (AvgIpc) is 2.75. The Balaban J connectivity index is 2.23. The molecule has 0 radical (unpaired) electrons. The van der Waals surface area contributed by atoms with Crippen molar-refractivity contribution in [1.82, 2.24) is 0 Å². The number of carbonyl (C=O) groups is 1. The summed E-state index contributed by atoms with van der Waals surface area (Å²) in [6.45, 7) is 4.56. The highest BCUT2D eigenvalue weighted by molar-refractivity contribution is 7.12. The van der Waals surface area contributed by atoms with E-state index < -0.39 is 10.8 Å². The van der Waals surface area contributed by atoms with Crippen LogP contribution in [0.15, 0.2) is 24.3 Å². The smallest absolute Gasteiger partial charge is 0.293 e. The number of anilines is 1. The largest absolute Gasteiger partial charge is 0.375 e. The highest BCUT2D eigenvalue weighted by atomic mass is 32.1. The normalized spacial score (nSPS) is 10.4. The van der Waals surface area contributed by atoms with Gasteiger partial charge in [-0.25, -0.2) is 0 Å². The molecule has 7 heteroatoms. The molecule has 1 aromatic heterocycles. The van der Waals surface area contributed by atoms with E-state index in [0.717, 1.165) is 4.88 Å². The number of nitro groups is 1. The van der Waals surface area contributed by atoms with Crippen LogP contribution in [0.4, 0.5) is 11.4 Å². The van der Waals surface area contributed by atoms with Crippen LogP contribution < -0.4 is 11.1 Å². The number of amides is 1. The fourth-order valence-electron chi connectivity index (χ4n) is 1.90. The third kappa shape index (κ3) is 3.38. The lowest BCUT2D eigenvalue weighted by Gasteiger charge is -2.06. The van der Waals surface area contributed by atoms with Crippen molar-refractivity contribution in [2.75, 3.05) is 5.32 Å². The summed E-state index contributed by atoms with van der Waals surface area (Å²) >= 11 is 1.65. The third-order valence-corrected chi connectivity index (χ3v) is 4.30. The summed E-state index contributed by atoms with van der Waals surface area (Å²) in [5.41, 5.74) is 6.67. The zero-order chi connectivity index (χ0) is 15.6. The van der Waals surface area contributed by atoms with Crippen LogP contribution in [-0.2, 0) is 6.54 Å². The van der Waals surface area contributed by atoms with Gasteiger partial charge in [-0.05, 0) is 37.6 Å². The van der Waals surface area contributed by atoms with Crippen molar-refractivity contribution in [3.05, 3.63) is 55.3 Å². The number of carbonyl (C=O) groups excluding carboxylic acids is 1. The van der Waals surface area contributed by atoms with Crippen molar-refractivity contribution in [3.63, 3.8) is 0 Å². The Hall–Kier alpha value is -2.41. The first-order valence-electron chi connectivity index (χ1n) is 6.26. The third-order valence-electron chi connectivity index (χ3n) is 3.15. The maximum atomic E-state index is 11.1. The number of nitrogens with two attached hydrogens (primary N) is 1. The molecule has 0 spiro atoms. The van der Waals surface area contributed by atoms with Crippen molar-refractivity contribution >= 4 is 28.6 Å². The Bertz CT molecular complexity index is 690. The molecule has 0 saturated carbocycles. The number of nitrogens with one attached hydrogen (secondary N) is 1. The molecule has 1 amide bonds. The fraction of sp³-hybridized carbons (Fsp3) is 0.214. The van der Waals surface area contributed by atoms with Gasteiger partial charge in [0.15, 0.2) is 0 Å². The molecule has 110 valence electrons.